The summed E-state index contributed by atoms with van der Waals surface area (Å²) >= 11 is 0. The fourth-order valence-electron chi connectivity index (χ4n) is 1.43. The standard InChI is InChI=1S/C7H15NO/c1-3-6-5(2)7(9)4-8-6/h5-9H,3-4H2,1-2H3/t5-,6-,7-/m1/s1. The molecule has 0 saturated carbocycles. The number of aliphatic hydroxyl groups is 1. The van der Waals surface area contributed by atoms with Gasteiger partial charge in [-0.3, -0.25) is 0 Å². The molecule has 1 aliphatic heterocycles. The minimum Gasteiger partial charge on any atom is -0.391 e. The highest BCUT2D eigenvalue weighted by Gasteiger charge is 2.28. The maximum atomic E-state index is 9.24. The van der Waals surface area contributed by atoms with Gasteiger partial charge >= 0.3 is 0 Å². The number of hydrogen-bond acceptors (Lipinski definition) is 2. The third kappa shape index (κ3) is 1.25. The average molecular weight is 129 g/mol. The molecule has 0 unspecified atom stereocenters. The number of hydrogen-bond donors (Lipinski definition) is 2. The van der Waals surface area contributed by atoms with Crippen LogP contribution in [-0.4, -0.2) is 23.8 Å². The molecule has 9 heavy (non-hydrogen) atoms. The lowest BCUT2D eigenvalue weighted by Crippen LogP contribution is -2.24. The van der Waals surface area contributed by atoms with Crippen LogP contribution in [0, 0.1) is 5.92 Å². The van der Waals surface area contributed by atoms with Crippen LogP contribution in [-0.2, 0) is 0 Å². The van der Waals surface area contributed by atoms with E-state index in [0.717, 1.165) is 13.0 Å². The van der Waals surface area contributed by atoms with E-state index in [1.807, 2.05) is 0 Å². The molecule has 0 bridgehead atoms. The quantitative estimate of drug-likeness (QED) is 0.536. The number of aliphatic hydroxyl groups excluding tert-OH is 1. The third-order valence-corrected chi connectivity index (χ3v) is 2.27. The number of rotatable bonds is 1. The molecule has 2 N–H and O–H groups in total. The highest BCUT2D eigenvalue weighted by molar-refractivity contribution is 4.86. The first-order valence-electron chi connectivity index (χ1n) is 3.67. The van der Waals surface area contributed by atoms with Gasteiger partial charge in [0.05, 0.1) is 6.10 Å². The second kappa shape index (κ2) is 2.67. The Morgan fingerprint density at radius 1 is 1.67 bits per heavy atom. The Bertz CT molecular complexity index is 94.9. The summed E-state index contributed by atoms with van der Waals surface area (Å²) < 4.78 is 0. The zero-order chi connectivity index (χ0) is 6.85. The van der Waals surface area contributed by atoms with Gasteiger partial charge in [0.1, 0.15) is 0 Å². The van der Waals surface area contributed by atoms with Crippen molar-refractivity contribution in [3.8, 4) is 0 Å². The second-order valence-corrected chi connectivity index (χ2v) is 2.85. The Kier molecular flexibility index (Phi) is 2.09. The minimum atomic E-state index is -0.116. The summed E-state index contributed by atoms with van der Waals surface area (Å²) in [6.45, 7) is 5.02. The van der Waals surface area contributed by atoms with Gasteiger partial charge in [0.2, 0.25) is 0 Å². The molecule has 2 heteroatoms. The van der Waals surface area contributed by atoms with Crippen LogP contribution in [0.25, 0.3) is 0 Å². The van der Waals surface area contributed by atoms with E-state index in [0.29, 0.717) is 12.0 Å². The second-order valence-electron chi connectivity index (χ2n) is 2.85. The summed E-state index contributed by atoms with van der Waals surface area (Å²) in [7, 11) is 0. The lowest BCUT2D eigenvalue weighted by Gasteiger charge is -2.13. The molecule has 1 heterocycles. The largest absolute Gasteiger partial charge is 0.391 e. The van der Waals surface area contributed by atoms with Crippen molar-refractivity contribution in [2.75, 3.05) is 6.54 Å². The first-order chi connectivity index (χ1) is 4.25. The topological polar surface area (TPSA) is 32.3 Å². The van der Waals surface area contributed by atoms with Crippen molar-refractivity contribution < 1.29 is 5.11 Å². The average Bonchev–Trinajstić information content (AvgIpc) is 2.15. The fourth-order valence-corrected chi connectivity index (χ4v) is 1.43. The molecule has 0 spiro atoms. The monoisotopic (exact) mass is 129 g/mol. The van der Waals surface area contributed by atoms with Crippen LogP contribution < -0.4 is 5.32 Å². The fraction of sp³-hybridized carbons (Fsp3) is 1.00. The molecule has 0 aliphatic carbocycles. The molecule has 3 atom stereocenters. The molecule has 1 fully saturated rings. The Morgan fingerprint density at radius 3 is 2.56 bits per heavy atom. The molecule has 2 nitrogen and oxygen atoms in total. The van der Waals surface area contributed by atoms with Gasteiger partial charge in [-0.25, -0.2) is 0 Å². The zero-order valence-electron chi connectivity index (χ0n) is 6.09. The minimum absolute atomic E-state index is 0.116. The van der Waals surface area contributed by atoms with Crippen LogP contribution in [0.3, 0.4) is 0 Å². The van der Waals surface area contributed by atoms with Gasteiger partial charge in [0, 0.05) is 12.6 Å². The summed E-state index contributed by atoms with van der Waals surface area (Å²) in [5, 5.41) is 12.5. The Hall–Kier alpha value is -0.0800. The summed E-state index contributed by atoms with van der Waals surface area (Å²) in [4.78, 5) is 0. The number of β-amino-alcohol motifs (C(OH)–C–C–N with tert-alkyl or cyclic N) is 1. The molecule has 1 rings (SSSR count). The van der Waals surface area contributed by atoms with Gasteiger partial charge in [-0.15, -0.1) is 0 Å². The predicted octanol–water partition coefficient (Wildman–Crippen LogP) is 0.365. The highest BCUT2D eigenvalue weighted by atomic mass is 16.3. The van der Waals surface area contributed by atoms with Crippen LogP contribution in [0.2, 0.25) is 0 Å². The van der Waals surface area contributed by atoms with Crippen molar-refractivity contribution in [3.63, 3.8) is 0 Å². The first kappa shape index (κ1) is 7.03. The molecule has 54 valence electrons. The number of nitrogens with one attached hydrogen (secondary N) is 1. The van der Waals surface area contributed by atoms with Gasteiger partial charge in [-0.1, -0.05) is 13.8 Å². The van der Waals surface area contributed by atoms with Crippen molar-refractivity contribution in [1.82, 2.24) is 5.32 Å². The SMILES string of the molecule is CC[C@H]1NC[C@@H](O)[C@@H]1C. The van der Waals surface area contributed by atoms with Crippen molar-refractivity contribution in [3.05, 3.63) is 0 Å². The summed E-state index contributed by atoms with van der Waals surface area (Å²) in [6, 6.07) is 0.542. The lowest BCUT2D eigenvalue weighted by atomic mass is 9.99. The summed E-state index contributed by atoms with van der Waals surface area (Å²) in [5.74, 6) is 0.440. The van der Waals surface area contributed by atoms with Gasteiger partial charge in [0.25, 0.3) is 0 Å². The van der Waals surface area contributed by atoms with Crippen molar-refractivity contribution >= 4 is 0 Å². The summed E-state index contributed by atoms with van der Waals surface area (Å²) in [6.07, 6.45) is 1.01. The molecule has 1 aliphatic rings. The van der Waals surface area contributed by atoms with Crippen LogP contribution in [0.5, 0.6) is 0 Å². The van der Waals surface area contributed by atoms with E-state index >= 15 is 0 Å². The van der Waals surface area contributed by atoms with E-state index in [9.17, 15) is 5.11 Å². The lowest BCUT2D eigenvalue weighted by molar-refractivity contribution is 0.147. The van der Waals surface area contributed by atoms with Crippen molar-refractivity contribution in [2.45, 2.75) is 32.4 Å². The van der Waals surface area contributed by atoms with Gasteiger partial charge in [-0.05, 0) is 12.3 Å². The molecule has 0 amide bonds. The molecule has 0 radical (unpaired) electrons. The van der Waals surface area contributed by atoms with E-state index in [-0.39, 0.29) is 6.10 Å². The normalized spacial score (nSPS) is 43.7. The Balaban J connectivity index is 2.41. The molecule has 0 aromatic rings. The van der Waals surface area contributed by atoms with E-state index in [2.05, 4.69) is 19.2 Å². The first-order valence-corrected chi connectivity index (χ1v) is 3.67. The Labute approximate surface area is 56.3 Å². The smallest absolute Gasteiger partial charge is 0.0705 e. The maximum Gasteiger partial charge on any atom is 0.0705 e. The van der Waals surface area contributed by atoms with E-state index in [1.165, 1.54) is 0 Å². The molecule has 0 aromatic heterocycles. The van der Waals surface area contributed by atoms with Crippen molar-refractivity contribution in [1.29, 1.82) is 0 Å². The highest BCUT2D eigenvalue weighted by Crippen LogP contribution is 2.16. The molecular formula is C7H15NO. The Morgan fingerprint density at radius 2 is 2.33 bits per heavy atom. The molecule has 0 aromatic carbocycles. The van der Waals surface area contributed by atoms with E-state index < -0.39 is 0 Å². The van der Waals surface area contributed by atoms with Crippen LogP contribution in [0.4, 0.5) is 0 Å². The zero-order valence-corrected chi connectivity index (χ0v) is 6.09. The third-order valence-electron chi connectivity index (χ3n) is 2.27. The van der Waals surface area contributed by atoms with Crippen molar-refractivity contribution in [2.24, 2.45) is 5.92 Å². The van der Waals surface area contributed by atoms with Crippen LogP contribution in [0.15, 0.2) is 0 Å². The maximum absolute atomic E-state index is 9.24. The van der Waals surface area contributed by atoms with Crippen LogP contribution in [0.1, 0.15) is 20.3 Å². The van der Waals surface area contributed by atoms with Gasteiger partial charge < -0.3 is 10.4 Å². The predicted molar refractivity (Wildman–Crippen MR) is 37.3 cm³/mol. The van der Waals surface area contributed by atoms with Gasteiger partial charge in [-0.2, -0.15) is 0 Å². The molecular weight excluding hydrogens is 114 g/mol. The molecule has 1 saturated heterocycles. The van der Waals surface area contributed by atoms with Gasteiger partial charge in [0.15, 0.2) is 0 Å². The van der Waals surface area contributed by atoms with Crippen LogP contribution >= 0.6 is 0 Å². The van der Waals surface area contributed by atoms with E-state index in [1.54, 1.807) is 0 Å². The summed E-state index contributed by atoms with van der Waals surface area (Å²) in [5.41, 5.74) is 0. The van der Waals surface area contributed by atoms with E-state index in [4.69, 9.17) is 0 Å².